The maximum absolute atomic E-state index is 12.7. The van der Waals surface area contributed by atoms with Crippen LogP contribution in [0.4, 0.5) is 0 Å². The molecule has 1 atom stereocenters. The lowest BCUT2D eigenvalue weighted by Gasteiger charge is -2.25. The Kier molecular flexibility index (Phi) is 4.09. The number of carbonyl (C=O) groups is 2. The Morgan fingerprint density at radius 1 is 1.39 bits per heavy atom. The summed E-state index contributed by atoms with van der Waals surface area (Å²) in [6, 6.07) is 7.92. The van der Waals surface area contributed by atoms with Crippen molar-refractivity contribution in [2.24, 2.45) is 0 Å². The van der Waals surface area contributed by atoms with Gasteiger partial charge in [0.1, 0.15) is 11.7 Å². The zero-order chi connectivity index (χ0) is 16.6. The number of benzene rings is 1. The second-order valence-corrected chi connectivity index (χ2v) is 6.01. The van der Waals surface area contributed by atoms with Gasteiger partial charge in [-0.15, -0.1) is 0 Å². The topological polar surface area (TPSA) is 86.3 Å². The Balaban J connectivity index is 1.88. The van der Waals surface area contributed by atoms with Gasteiger partial charge in [-0.25, -0.2) is 4.79 Å². The molecule has 0 radical (unpaired) electrons. The highest BCUT2D eigenvalue weighted by Crippen LogP contribution is 2.31. The lowest BCUT2D eigenvalue weighted by atomic mass is 10.1. The number of hydrogen-bond donors (Lipinski definition) is 2. The first kappa shape index (κ1) is 15.6. The summed E-state index contributed by atoms with van der Waals surface area (Å²) < 4.78 is 0. The van der Waals surface area contributed by atoms with Crippen molar-refractivity contribution in [3.8, 4) is 11.3 Å². The number of carboxylic acids is 1. The average Bonchev–Trinajstić information content (AvgIpc) is 3.23. The van der Waals surface area contributed by atoms with Crippen molar-refractivity contribution >= 4 is 23.5 Å². The van der Waals surface area contributed by atoms with Gasteiger partial charge in [-0.2, -0.15) is 5.10 Å². The molecule has 1 saturated carbocycles. The van der Waals surface area contributed by atoms with Gasteiger partial charge in [-0.1, -0.05) is 29.8 Å². The predicted octanol–water partition coefficient (Wildman–Crippen LogP) is 2.81. The monoisotopic (exact) mass is 333 g/mol. The summed E-state index contributed by atoms with van der Waals surface area (Å²) in [4.78, 5) is 25.3. The Hall–Kier alpha value is -2.34. The first-order valence-electron chi connectivity index (χ1n) is 7.35. The highest BCUT2D eigenvalue weighted by Gasteiger charge is 2.39. The van der Waals surface area contributed by atoms with E-state index in [0.29, 0.717) is 16.3 Å². The van der Waals surface area contributed by atoms with Gasteiger partial charge in [-0.3, -0.25) is 9.89 Å². The number of amides is 1. The predicted molar refractivity (Wildman–Crippen MR) is 85.3 cm³/mol. The largest absolute Gasteiger partial charge is 0.480 e. The number of nitrogens with one attached hydrogen (secondary N) is 1. The van der Waals surface area contributed by atoms with E-state index in [1.165, 1.54) is 11.8 Å². The van der Waals surface area contributed by atoms with Crippen LogP contribution in [-0.4, -0.2) is 44.2 Å². The third kappa shape index (κ3) is 3.07. The van der Waals surface area contributed by atoms with Crippen LogP contribution in [0.15, 0.2) is 30.3 Å². The number of H-pyrrole nitrogens is 1. The number of carboxylic acid groups (broad SMARTS) is 1. The molecule has 1 aliphatic rings. The molecule has 0 spiro atoms. The van der Waals surface area contributed by atoms with E-state index >= 15 is 0 Å². The van der Waals surface area contributed by atoms with E-state index in [-0.39, 0.29) is 17.6 Å². The van der Waals surface area contributed by atoms with Gasteiger partial charge in [0.05, 0.1) is 10.7 Å². The molecule has 120 valence electrons. The van der Waals surface area contributed by atoms with Gasteiger partial charge < -0.3 is 10.0 Å². The molecule has 0 aliphatic heterocycles. The summed E-state index contributed by atoms with van der Waals surface area (Å²) in [5, 5.41) is 16.6. The van der Waals surface area contributed by atoms with Crippen molar-refractivity contribution in [2.75, 3.05) is 0 Å². The van der Waals surface area contributed by atoms with Gasteiger partial charge in [0.15, 0.2) is 0 Å². The molecule has 7 heteroatoms. The van der Waals surface area contributed by atoms with E-state index in [1.807, 2.05) is 18.2 Å². The summed E-state index contributed by atoms with van der Waals surface area (Å²) in [5.41, 5.74) is 1.53. The fraction of sp³-hybridized carbons (Fsp3) is 0.312. The van der Waals surface area contributed by atoms with E-state index in [0.717, 1.165) is 12.8 Å². The van der Waals surface area contributed by atoms with Crippen LogP contribution in [0.25, 0.3) is 11.3 Å². The van der Waals surface area contributed by atoms with Crippen molar-refractivity contribution in [2.45, 2.75) is 31.8 Å². The van der Waals surface area contributed by atoms with Gasteiger partial charge in [0, 0.05) is 11.6 Å². The van der Waals surface area contributed by atoms with E-state index in [9.17, 15) is 14.7 Å². The Morgan fingerprint density at radius 3 is 2.70 bits per heavy atom. The van der Waals surface area contributed by atoms with Crippen LogP contribution in [0.2, 0.25) is 5.02 Å². The molecule has 1 heterocycles. The number of nitrogens with zero attached hydrogens (tertiary/aromatic N) is 2. The molecule has 1 unspecified atom stereocenters. The highest BCUT2D eigenvalue weighted by atomic mass is 35.5. The maximum Gasteiger partial charge on any atom is 0.326 e. The number of aromatic amines is 1. The number of aliphatic carboxylic acids is 1. The number of aromatic nitrogens is 2. The summed E-state index contributed by atoms with van der Waals surface area (Å²) in [6.07, 6.45) is 1.66. The SMILES string of the molecule is CC(C(=O)O)N(C(=O)c1cc(-c2ccccc2Cl)n[nH]1)C1CC1. The van der Waals surface area contributed by atoms with E-state index < -0.39 is 12.0 Å². The fourth-order valence-corrected chi connectivity index (χ4v) is 2.74. The van der Waals surface area contributed by atoms with Gasteiger partial charge >= 0.3 is 5.97 Å². The van der Waals surface area contributed by atoms with Crippen LogP contribution in [0, 0.1) is 0 Å². The third-order valence-electron chi connectivity index (χ3n) is 3.91. The first-order chi connectivity index (χ1) is 11.0. The molecular weight excluding hydrogens is 318 g/mol. The van der Waals surface area contributed by atoms with Crippen molar-refractivity contribution in [3.63, 3.8) is 0 Å². The van der Waals surface area contributed by atoms with Crippen molar-refractivity contribution in [1.82, 2.24) is 15.1 Å². The molecule has 1 amide bonds. The summed E-state index contributed by atoms with van der Waals surface area (Å²) >= 11 is 6.14. The second-order valence-electron chi connectivity index (χ2n) is 5.60. The van der Waals surface area contributed by atoms with Crippen LogP contribution in [0.5, 0.6) is 0 Å². The lowest BCUT2D eigenvalue weighted by Crippen LogP contribution is -2.44. The van der Waals surface area contributed by atoms with Gasteiger partial charge in [0.25, 0.3) is 5.91 Å². The highest BCUT2D eigenvalue weighted by molar-refractivity contribution is 6.33. The minimum atomic E-state index is -1.02. The molecule has 1 aromatic carbocycles. The minimum absolute atomic E-state index is 0.0133. The van der Waals surface area contributed by atoms with Crippen molar-refractivity contribution in [1.29, 1.82) is 0 Å². The van der Waals surface area contributed by atoms with E-state index in [1.54, 1.807) is 12.1 Å². The van der Waals surface area contributed by atoms with Gasteiger partial charge in [-0.05, 0) is 31.9 Å². The quantitative estimate of drug-likeness (QED) is 0.881. The van der Waals surface area contributed by atoms with Crippen LogP contribution >= 0.6 is 11.6 Å². The van der Waals surface area contributed by atoms with Crippen LogP contribution in [0.3, 0.4) is 0 Å². The Morgan fingerprint density at radius 2 is 2.09 bits per heavy atom. The molecule has 0 bridgehead atoms. The zero-order valence-corrected chi connectivity index (χ0v) is 13.2. The number of carbonyl (C=O) groups excluding carboxylic acids is 1. The second kappa shape index (κ2) is 6.04. The molecular formula is C16H16ClN3O3. The zero-order valence-electron chi connectivity index (χ0n) is 12.5. The molecule has 3 rings (SSSR count). The summed E-state index contributed by atoms with van der Waals surface area (Å²) in [5.74, 6) is -1.37. The van der Waals surface area contributed by atoms with E-state index in [4.69, 9.17) is 11.6 Å². The normalized spacial score (nSPS) is 15.2. The molecule has 1 fully saturated rings. The molecule has 2 N–H and O–H groups in total. The molecule has 0 saturated heterocycles. The van der Waals surface area contributed by atoms with Crippen LogP contribution in [-0.2, 0) is 4.79 Å². The third-order valence-corrected chi connectivity index (χ3v) is 4.24. The van der Waals surface area contributed by atoms with Crippen molar-refractivity contribution in [3.05, 3.63) is 41.0 Å². The fourth-order valence-electron chi connectivity index (χ4n) is 2.51. The molecule has 2 aromatic rings. The Bertz CT molecular complexity index is 755. The van der Waals surface area contributed by atoms with Crippen molar-refractivity contribution < 1.29 is 14.7 Å². The minimum Gasteiger partial charge on any atom is -0.480 e. The van der Waals surface area contributed by atoms with Crippen LogP contribution in [0.1, 0.15) is 30.3 Å². The maximum atomic E-state index is 12.7. The summed E-state index contributed by atoms with van der Waals surface area (Å²) in [7, 11) is 0. The van der Waals surface area contributed by atoms with E-state index in [2.05, 4.69) is 10.2 Å². The molecule has 23 heavy (non-hydrogen) atoms. The lowest BCUT2D eigenvalue weighted by molar-refractivity contribution is -0.141. The number of rotatable bonds is 5. The first-order valence-corrected chi connectivity index (χ1v) is 7.72. The van der Waals surface area contributed by atoms with Gasteiger partial charge in [0.2, 0.25) is 0 Å². The molecule has 6 nitrogen and oxygen atoms in total. The number of hydrogen-bond acceptors (Lipinski definition) is 3. The molecule has 1 aromatic heterocycles. The standard InChI is InChI=1S/C16H16ClN3O3/c1-9(16(22)23)20(10-6-7-10)15(21)14-8-13(18-19-14)11-4-2-3-5-12(11)17/h2-5,8-10H,6-7H2,1H3,(H,18,19)(H,22,23). The average molecular weight is 334 g/mol. The summed E-state index contributed by atoms with van der Waals surface area (Å²) in [6.45, 7) is 1.52. The number of halogens is 1. The molecule has 1 aliphatic carbocycles. The van der Waals surface area contributed by atoms with Crippen LogP contribution < -0.4 is 0 Å². The Labute approximate surface area is 138 Å². The smallest absolute Gasteiger partial charge is 0.326 e.